The summed E-state index contributed by atoms with van der Waals surface area (Å²) in [6.45, 7) is 15.2. The second-order valence-corrected chi connectivity index (χ2v) is 4.33. The van der Waals surface area contributed by atoms with Gasteiger partial charge in [0.05, 0.1) is 6.10 Å². The number of aliphatic hydroxyl groups is 1. The van der Waals surface area contributed by atoms with Gasteiger partial charge < -0.3 is 10.8 Å². The molecule has 0 aromatic rings. The topological polar surface area (TPSA) is 63.3 Å². The molecule has 0 saturated heterocycles. The molecule has 3 heteroatoms. The van der Waals surface area contributed by atoms with E-state index in [0.717, 1.165) is 36.8 Å². The zero-order chi connectivity index (χ0) is 18.1. The first-order valence-corrected chi connectivity index (χ1v) is 8.37. The Bertz CT molecular complexity index is 354. The minimum absolute atomic E-state index is 0.00444. The van der Waals surface area contributed by atoms with Crippen molar-refractivity contribution in [2.24, 2.45) is 5.73 Å². The molecule has 0 heterocycles. The Morgan fingerprint density at radius 1 is 1.23 bits per heavy atom. The van der Waals surface area contributed by atoms with E-state index in [4.69, 9.17) is 0 Å². The van der Waals surface area contributed by atoms with E-state index >= 15 is 0 Å². The highest BCUT2D eigenvalue weighted by molar-refractivity contribution is 5.98. The van der Waals surface area contributed by atoms with Crippen LogP contribution < -0.4 is 5.73 Å². The predicted molar refractivity (Wildman–Crippen MR) is 98.9 cm³/mol. The maximum Gasteiger partial charge on any atom is 0.160 e. The zero-order valence-electron chi connectivity index (χ0n) is 15.7. The molecule has 130 valence electrons. The predicted octanol–water partition coefficient (Wildman–Crippen LogP) is 4.57. The van der Waals surface area contributed by atoms with Crippen molar-refractivity contribution < 1.29 is 9.90 Å². The quantitative estimate of drug-likeness (QED) is 0.593. The Kier molecular flexibility index (Phi) is 20.9. The van der Waals surface area contributed by atoms with Gasteiger partial charge in [0.1, 0.15) is 0 Å². The second kappa shape index (κ2) is 17.9. The van der Waals surface area contributed by atoms with E-state index in [1.807, 2.05) is 34.6 Å². The van der Waals surface area contributed by atoms with E-state index in [0.29, 0.717) is 5.57 Å². The highest BCUT2D eigenvalue weighted by Crippen LogP contribution is 2.29. The maximum atomic E-state index is 11.6. The summed E-state index contributed by atoms with van der Waals surface area (Å²) in [7, 11) is 1.50. The molecule has 0 bridgehead atoms. The van der Waals surface area contributed by atoms with Crippen LogP contribution in [0.2, 0.25) is 0 Å². The van der Waals surface area contributed by atoms with Crippen molar-refractivity contribution in [3.63, 3.8) is 0 Å². The van der Waals surface area contributed by atoms with Crippen LogP contribution in [-0.2, 0) is 4.79 Å². The van der Waals surface area contributed by atoms with Crippen LogP contribution >= 0.6 is 0 Å². The van der Waals surface area contributed by atoms with Crippen molar-refractivity contribution in [3.8, 4) is 0 Å². The highest BCUT2D eigenvalue weighted by Gasteiger charge is 2.22. The number of rotatable bonds is 3. The summed E-state index contributed by atoms with van der Waals surface area (Å²) in [5.74, 6) is -0.00444. The van der Waals surface area contributed by atoms with Crippen molar-refractivity contribution in [1.82, 2.24) is 0 Å². The average molecular weight is 312 g/mol. The van der Waals surface area contributed by atoms with Gasteiger partial charge in [-0.2, -0.15) is 0 Å². The fraction of sp³-hybridized carbons (Fsp3) is 0.632. The number of carbonyl (C=O) groups excluding carboxylic acids is 1. The monoisotopic (exact) mass is 311 g/mol. The molecule has 1 aliphatic rings. The third-order valence-corrected chi connectivity index (χ3v) is 3.03. The number of allylic oxidation sites excluding steroid dienone is 3. The summed E-state index contributed by atoms with van der Waals surface area (Å²) in [4.78, 5) is 11.6. The van der Waals surface area contributed by atoms with Crippen LogP contribution in [0.25, 0.3) is 0 Å². The van der Waals surface area contributed by atoms with Gasteiger partial charge in [0.25, 0.3) is 0 Å². The molecule has 1 rings (SSSR count). The lowest BCUT2D eigenvalue weighted by molar-refractivity contribution is -0.113. The molecule has 3 nitrogen and oxygen atoms in total. The number of hydrogen-bond donors (Lipinski definition) is 2. The largest absolute Gasteiger partial charge is 0.388 e. The lowest BCUT2D eigenvalue weighted by Crippen LogP contribution is -2.16. The number of nitrogens with two attached hydrogens (primary N) is 1. The molecule has 22 heavy (non-hydrogen) atoms. The van der Waals surface area contributed by atoms with Crippen molar-refractivity contribution in [1.29, 1.82) is 0 Å². The van der Waals surface area contributed by atoms with Gasteiger partial charge in [0.2, 0.25) is 0 Å². The molecule has 1 aliphatic carbocycles. The van der Waals surface area contributed by atoms with Crippen molar-refractivity contribution in [2.75, 3.05) is 7.05 Å². The number of ketones is 1. The van der Waals surface area contributed by atoms with Gasteiger partial charge in [0.15, 0.2) is 5.78 Å². The van der Waals surface area contributed by atoms with E-state index in [1.165, 1.54) is 14.0 Å². The van der Waals surface area contributed by atoms with Crippen molar-refractivity contribution in [2.45, 2.75) is 73.3 Å². The maximum absolute atomic E-state index is 11.6. The summed E-state index contributed by atoms with van der Waals surface area (Å²) in [6.07, 6.45) is 6.62. The van der Waals surface area contributed by atoms with Crippen LogP contribution in [0.4, 0.5) is 0 Å². The minimum Gasteiger partial charge on any atom is -0.388 e. The Morgan fingerprint density at radius 2 is 1.73 bits per heavy atom. The Balaban J connectivity index is -0.000000535. The minimum atomic E-state index is -0.502. The number of aliphatic hydroxyl groups excluding tert-OH is 1. The van der Waals surface area contributed by atoms with Gasteiger partial charge in [-0.15, -0.1) is 0 Å². The lowest BCUT2D eigenvalue weighted by Gasteiger charge is -2.16. The molecule has 3 N–H and O–H groups in total. The summed E-state index contributed by atoms with van der Waals surface area (Å²) < 4.78 is 0. The summed E-state index contributed by atoms with van der Waals surface area (Å²) >= 11 is 0. The Labute approximate surface area is 138 Å². The van der Waals surface area contributed by atoms with Crippen LogP contribution in [0.5, 0.6) is 0 Å². The lowest BCUT2D eigenvalue weighted by atomic mass is 9.92. The number of hydrogen-bond acceptors (Lipinski definition) is 3. The first-order valence-electron chi connectivity index (χ1n) is 8.37. The molecule has 0 aromatic heterocycles. The van der Waals surface area contributed by atoms with E-state index in [-0.39, 0.29) is 5.78 Å². The van der Waals surface area contributed by atoms with Crippen LogP contribution in [0, 0.1) is 0 Å². The zero-order valence-corrected chi connectivity index (χ0v) is 15.7. The second-order valence-electron chi connectivity index (χ2n) is 4.33. The molecule has 0 fully saturated rings. The van der Waals surface area contributed by atoms with Gasteiger partial charge in [-0.1, -0.05) is 58.4 Å². The molecule has 0 saturated carbocycles. The third-order valence-electron chi connectivity index (χ3n) is 3.03. The Hall–Kier alpha value is -1.19. The molecule has 0 amide bonds. The van der Waals surface area contributed by atoms with E-state index in [1.54, 1.807) is 12.2 Å². The summed E-state index contributed by atoms with van der Waals surface area (Å²) in [6, 6.07) is 0. The first-order chi connectivity index (χ1) is 10.6. The standard InChI is InChI=1S/C14H20O2.2C2H6.CH5N/c1-4-7-12(11(3)15)14-10(2)8-5-6-9-13(14)16;3*1-2/h4,7,13,16H,1,5-6,8-9H2,2-3H3;2*1-2H3;2H2,1H3/b12-7-;;;. The van der Waals surface area contributed by atoms with Gasteiger partial charge in [-0.25, -0.2) is 0 Å². The van der Waals surface area contributed by atoms with Crippen molar-refractivity contribution >= 4 is 5.78 Å². The van der Waals surface area contributed by atoms with Gasteiger partial charge >= 0.3 is 0 Å². The van der Waals surface area contributed by atoms with Gasteiger partial charge in [-0.3, -0.25) is 4.79 Å². The first kappa shape index (κ1) is 25.7. The molecule has 1 unspecified atom stereocenters. The molecule has 0 aromatic carbocycles. The van der Waals surface area contributed by atoms with Gasteiger partial charge in [0, 0.05) is 5.57 Å². The summed E-state index contributed by atoms with van der Waals surface area (Å²) in [5, 5.41) is 10.1. The smallest absolute Gasteiger partial charge is 0.160 e. The SMILES string of the molecule is C=C/C=C(/C(C)=O)C1=C(C)CCCCC1O.CC.CC.CN. The normalized spacial score (nSPS) is 17.5. The van der Waals surface area contributed by atoms with Crippen LogP contribution in [0.1, 0.15) is 67.2 Å². The molecule has 0 aliphatic heterocycles. The van der Waals surface area contributed by atoms with Crippen LogP contribution in [0.15, 0.2) is 35.5 Å². The molecular formula is C19H37NO2. The molecule has 1 atom stereocenters. The fourth-order valence-corrected chi connectivity index (χ4v) is 2.22. The number of carbonyl (C=O) groups is 1. The van der Waals surface area contributed by atoms with E-state index in [9.17, 15) is 9.90 Å². The van der Waals surface area contributed by atoms with Crippen LogP contribution in [0.3, 0.4) is 0 Å². The highest BCUT2D eigenvalue weighted by atomic mass is 16.3. The summed E-state index contributed by atoms with van der Waals surface area (Å²) in [5.41, 5.74) is 7.07. The molecule has 0 spiro atoms. The number of Topliss-reactive ketones (excluding diaryl/α,β-unsaturated/α-hetero) is 1. The van der Waals surface area contributed by atoms with Gasteiger partial charge in [-0.05, 0) is 45.7 Å². The fourth-order valence-electron chi connectivity index (χ4n) is 2.22. The third kappa shape index (κ3) is 9.69. The van der Waals surface area contributed by atoms with Crippen molar-refractivity contribution in [3.05, 3.63) is 35.5 Å². The van der Waals surface area contributed by atoms with E-state index < -0.39 is 6.10 Å². The molecular weight excluding hydrogens is 274 g/mol. The van der Waals surface area contributed by atoms with Crippen LogP contribution in [-0.4, -0.2) is 24.0 Å². The molecule has 0 radical (unpaired) electrons. The van der Waals surface area contributed by atoms with E-state index in [2.05, 4.69) is 12.3 Å². The Morgan fingerprint density at radius 3 is 2.14 bits per heavy atom. The average Bonchev–Trinajstić information content (AvgIpc) is 2.72.